The Morgan fingerprint density at radius 2 is 1.67 bits per heavy atom. The van der Waals surface area contributed by atoms with Crippen molar-refractivity contribution in [2.75, 3.05) is 0 Å². The molecule has 9 heavy (non-hydrogen) atoms. The van der Waals surface area contributed by atoms with E-state index in [0.29, 0.717) is 0 Å². The molecule has 0 radical (unpaired) electrons. The molecule has 0 aliphatic carbocycles. The van der Waals surface area contributed by atoms with E-state index in [9.17, 15) is 0 Å². The van der Waals surface area contributed by atoms with Crippen LogP contribution in [0.3, 0.4) is 0 Å². The van der Waals surface area contributed by atoms with Gasteiger partial charge in [-0.25, -0.2) is 0 Å². The van der Waals surface area contributed by atoms with Gasteiger partial charge in [0, 0.05) is 0 Å². The van der Waals surface area contributed by atoms with E-state index in [0.717, 1.165) is 0 Å². The lowest BCUT2D eigenvalue weighted by atomic mass is 9.91. The fraction of sp³-hybridized carbons (Fsp3) is 0.429. The van der Waals surface area contributed by atoms with Crippen molar-refractivity contribution in [3.05, 3.63) is 25.3 Å². The minimum Gasteiger partial charge on any atom is -0.367 e. The van der Waals surface area contributed by atoms with Crippen LogP contribution in [0.15, 0.2) is 25.3 Å². The van der Waals surface area contributed by atoms with Crippen LogP contribution < -0.4 is 0 Å². The van der Waals surface area contributed by atoms with E-state index in [1.807, 2.05) is 0 Å². The highest BCUT2D eigenvalue weighted by atomic mass is 16.5. The molecule has 0 fully saturated rings. The van der Waals surface area contributed by atoms with E-state index in [2.05, 4.69) is 13.2 Å². The summed E-state index contributed by atoms with van der Waals surface area (Å²) in [5.74, 6) is 0. The third-order valence-corrected chi connectivity index (χ3v) is 1.44. The molecule has 2 heteroatoms. The van der Waals surface area contributed by atoms with E-state index in [1.54, 1.807) is 6.92 Å². The average molecular weight is 128 g/mol. The summed E-state index contributed by atoms with van der Waals surface area (Å²) >= 11 is 0. The van der Waals surface area contributed by atoms with Crippen molar-refractivity contribution >= 4 is 0 Å². The lowest BCUT2D eigenvalue weighted by Crippen LogP contribution is -2.27. The quantitative estimate of drug-likeness (QED) is 0.433. The number of aliphatic hydroxyl groups is 2. The monoisotopic (exact) mass is 128 g/mol. The van der Waals surface area contributed by atoms with Gasteiger partial charge in [0.1, 0.15) is 0 Å². The number of aliphatic hydroxyl groups excluding tert-OH is 1. The van der Waals surface area contributed by atoms with E-state index in [1.165, 1.54) is 12.2 Å². The van der Waals surface area contributed by atoms with Crippen LogP contribution in [0.2, 0.25) is 0 Å². The second kappa shape index (κ2) is 2.80. The number of rotatable bonds is 3. The predicted molar refractivity (Wildman–Crippen MR) is 36.7 cm³/mol. The van der Waals surface area contributed by atoms with Gasteiger partial charge >= 0.3 is 0 Å². The normalized spacial score (nSPS) is 11.6. The van der Waals surface area contributed by atoms with Gasteiger partial charge in [-0.3, -0.25) is 0 Å². The van der Waals surface area contributed by atoms with E-state index < -0.39 is 11.7 Å². The zero-order chi connectivity index (χ0) is 7.49. The van der Waals surface area contributed by atoms with E-state index in [-0.39, 0.29) is 0 Å². The summed E-state index contributed by atoms with van der Waals surface area (Å²) in [4.78, 5) is 0. The Bertz CT molecular complexity index is 108. The molecule has 0 saturated heterocycles. The Kier molecular flexibility index (Phi) is 2.62. The number of hydrogen-bond acceptors (Lipinski definition) is 2. The zero-order valence-corrected chi connectivity index (χ0v) is 5.54. The molecule has 0 saturated carbocycles. The predicted octanol–water partition coefficient (Wildman–Crippen LogP) is 0.675. The highest BCUT2D eigenvalue weighted by Gasteiger charge is 2.23. The van der Waals surface area contributed by atoms with Gasteiger partial charge in [0.15, 0.2) is 6.29 Å². The molecule has 0 amide bonds. The zero-order valence-electron chi connectivity index (χ0n) is 5.54. The van der Waals surface area contributed by atoms with Gasteiger partial charge < -0.3 is 10.2 Å². The van der Waals surface area contributed by atoms with Crippen molar-refractivity contribution < 1.29 is 10.2 Å². The molecule has 2 nitrogen and oxygen atoms in total. The van der Waals surface area contributed by atoms with Gasteiger partial charge in [0.25, 0.3) is 0 Å². The largest absolute Gasteiger partial charge is 0.367 e. The van der Waals surface area contributed by atoms with Gasteiger partial charge in [-0.2, -0.15) is 0 Å². The first-order valence-electron chi connectivity index (χ1n) is 2.70. The minimum atomic E-state index is -1.41. The van der Waals surface area contributed by atoms with Crippen molar-refractivity contribution in [3.63, 3.8) is 0 Å². The van der Waals surface area contributed by atoms with Crippen molar-refractivity contribution in [3.8, 4) is 0 Å². The molecule has 0 aromatic carbocycles. The first-order chi connectivity index (χ1) is 4.06. The fourth-order valence-corrected chi connectivity index (χ4v) is 0.294. The molecule has 0 rings (SSSR count). The van der Waals surface area contributed by atoms with Crippen LogP contribution in [0.25, 0.3) is 0 Å². The second-order valence-electron chi connectivity index (χ2n) is 2.15. The van der Waals surface area contributed by atoms with Crippen LogP contribution in [0.5, 0.6) is 0 Å². The fourth-order valence-electron chi connectivity index (χ4n) is 0.294. The summed E-state index contributed by atoms with van der Waals surface area (Å²) < 4.78 is 0. The lowest BCUT2D eigenvalue weighted by Gasteiger charge is -2.22. The van der Waals surface area contributed by atoms with Gasteiger partial charge in [-0.15, -0.1) is 13.2 Å². The summed E-state index contributed by atoms with van der Waals surface area (Å²) in [5.41, 5.74) is -0.778. The van der Waals surface area contributed by atoms with Crippen LogP contribution in [-0.4, -0.2) is 16.5 Å². The van der Waals surface area contributed by atoms with Crippen LogP contribution >= 0.6 is 0 Å². The van der Waals surface area contributed by atoms with Crippen molar-refractivity contribution in [2.45, 2.75) is 13.2 Å². The van der Waals surface area contributed by atoms with Crippen LogP contribution in [0, 0.1) is 5.41 Å². The third kappa shape index (κ3) is 1.66. The molecule has 0 aromatic rings. The summed E-state index contributed by atoms with van der Waals surface area (Å²) in [5, 5.41) is 17.4. The first-order valence-corrected chi connectivity index (χ1v) is 2.70. The maximum atomic E-state index is 8.68. The molecule has 0 aliphatic heterocycles. The van der Waals surface area contributed by atoms with Gasteiger partial charge in [0.2, 0.25) is 0 Å². The van der Waals surface area contributed by atoms with E-state index >= 15 is 0 Å². The Labute approximate surface area is 55.1 Å². The smallest absolute Gasteiger partial charge is 0.163 e. The number of hydrogen-bond donors (Lipinski definition) is 2. The third-order valence-electron chi connectivity index (χ3n) is 1.44. The highest BCUT2D eigenvalue weighted by molar-refractivity contribution is 5.04. The molecular formula is C7H12O2. The lowest BCUT2D eigenvalue weighted by molar-refractivity contribution is -0.0911. The molecule has 0 aliphatic rings. The SMILES string of the molecule is C=CC(C)(C=C)C(O)O. The van der Waals surface area contributed by atoms with Gasteiger partial charge in [-0.05, 0) is 6.92 Å². The molecule has 2 N–H and O–H groups in total. The van der Waals surface area contributed by atoms with Crippen molar-refractivity contribution in [1.29, 1.82) is 0 Å². The standard InChI is InChI=1S/C7H12O2/c1-4-7(3,5-2)6(8)9/h4-6,8-9H,1-2H2,3H3. The van der Waals surface area contributed by atoms with Crippen LogP contribution in [0.1, 0.15) is 6.92 Å². The first kappa shape index (κ1) is 8.40. The Morgan fingerprint density at radius 1 is 1.33 bits per heavy atom. The van der Waals surface area contributed by atoms with Crippen LogP contribution in [0.4, 0.5) is 0 Å². The van der Waals surface area contributed by atoms with Crippen molar-refractivity contribution in [2.24, 2.45) is 5.41 Å². The average Bonchev–Trinajstić information content (AvgIpc) is 1.86. The second-order valence-corrected chi connectivity index (χ2v) is 2.15. The maximum Gasteiger partial charge on any atom is 0.163 e. The summed E-state index contributed by atoms with van der Waals surface area (Å²) in [6.07, 6.45) is 1.49. The Balaban J connectivity index is 4.26. The molecule has 0 atom stereocenters. The maximum absolute atomic E-state index is 8.68. The topological polar surface area (TPSA) is 40.5 Å². The minimum absolute atomic E-state index is 0.778. The molecule has 0 aromatic heterocycles. The van der Waals surface area contributed by atoms with Crippen molar-refractivity contribution in [1.82, 2.24) is 0 Å². The summed E-state index contributed by atoms with van der Waals surface area (Å²) in [6.45, 7) is 8.50. The van der Waals surface area contributed by atoms with E-state index in [4.69, 9.17) is 10.2 Å². The molecule has 0 spiro atoms. The Morgan fingerprint density at radius 3 is 1.67 bits per heavy atom. The van der Waals surface area contributed by atoms with Crippen LogP contribution in [-0.2, 0) is 0 Å². The summed E-state index contributed by atoms with van der Waals surface area (Å²) in [6, 6.07) is 0. The molecule has 52 valence electrons. The molecule has 0 heterocycles. The van der Waals surface area contributed by atoms with Gasteiger partial charge in [0.05, 0.1) is 5.41 Å². The molecule has 0 bridgehead atoms. The molecule has 0 unspecified atom stereocenters. The molecular weight excluding hydrogens is 116 g/mol. The Hall–Kier alpha value is -0.600. The highest BCUT2D eigenvalue weighted by Crippen LogP contribution is 2.21. The van der Waals surface area contributed by atoms with Gasteiger partial charge in [-0.1, -0.05) is 12.2 Å². The summed E-state index contributed by atoms with van der Waals surface area (Å²) in [7, 11) is 0.